The normalized spacial score (nSPS) is 12.6. The molecule has 2 aromatic carbocycles. The Balaban J connectivity index is 2.55. The highest BCUT2D eigenvalue weighted by Gasteiger charge is 2.20. The number of halogens is 3. The van der Waals surface area contributed by atoms with E-state index in [1.807, 2.05) is 32.9 Å². The highest BCUT2D eigenvalue weighted by molar-refractivity contribution is 9.10. The van der Waals surface area contributed by atoms with Crippen LogP contribution in [0.15, 0.2) is 28.7 Å². The number of aryl methyl sites for hydroxylation is 3. The molecule has 1 unspecified atom stereocenters. The summed E-state index contributed by atoms with van der Waals surface area (Å²) in [5.74, 6) is -0.592. The van der Waals surface area contributed by atoms with Gasteiger partial charge in [0, 0.05) is 10.0 Å². The molecule has 2 aromatic rings. The summed E-state index contributed by atoms with van der Waals surface area (Å²) in [6, 6.07) is 7.07. The van der Waals surface area contributed by atoms with Gasteiger partial charge in [-0.3, -0.25) is 0 Å². The van der Waals surface area contributed by atoms with Crippen LogP contribution < -0.4 is 0 Å². The number of aliphatic hydroxyl groups is 1. The molecule has 0 radical (unpaired) electrons. The zero-order valence-corrected chi connectivity index (χ0v) is 13.8. The van der Waals surface area contributed by atoms with E-state index >= 15 is 0 Å². The number of benzene rings is 2. The molecule has 0 aliphatic rings. The summed E-state index contributed by atoms with van der Waals surface area (Å²) in [6.45, 7) is 5.88. The summed E-state index contributed by atoms with van der Waals surface area (Å²) in [5.41, 5.74) is 4.02. The molecule has 1 nitrogen and oxygen atoms in total. The standard InChI is InChI=1S/C16H15BrClFO/c1-8-6-10(3)12(7-9(8)2)16(20)11-4-5-13(17)14(18)15(11)19/h4-7,16,20H,1-3H3. The third kappa shape index (κ3) is 2.76. The van der Waals surface area contributed by atoms with Crippen LogP contribution in [0.4, 0.5) is 4.39 Å². The van der Waals surface area contributed by atoms with E-state index in [-0.39, 0.29) is 10.6 Å². The van der Waals surface area contributed by atoms with Crippen molar-refractivity contribution in [3.05, 3.63) is 67.4 Å². The van der Waals surface area contributed by atoms with Crippen LogP contribution >= 0.6 is 27.5 Å². The summed E-state index contributed by atoms with van der Waals surface area (Å²) in [6.07, 6.45) is -1.03. The number of hydrogen-bond donors (Lipinski definition) is 1. The Morgan fingerprint density at radius 3 is 2.30 bits per heavy atom. The lowest BCUT2D eigenvalue weighted by atomic mass is 9.93. The molecule has 20 heavy (non-hydrogen) atoms. The van der Waals surface area contributed by atoms with E-state index in [1.54, 1.807) is 12.1 Å². The van der Waals surface area contributed by atoms with Crippen molar-refractivity contribution in [3.63, 3.8) is 0 Å². The van der Waals surface area contributed by atoms with E-state index in [9.17, 15) is 9.50 Å². The summed E-state index contributed by atoms with van der Waals surface area (Å²) >= 11 is 9.05. The Hall–Kier alpha value is -0.900. The first-order chi connectivity index (χ1) is 9.32. The van der Waals surface area contributed by atoms with Crippen molar-refractivity contribution in [3.8, 4) is 0 Å². The van der Waals surface area contributed by atoms with Gasteiger partial charge in [0.05, 0.1) is 5.02 Å². The second kappa shape index (κ2) is 5.84. The molecular weight excluding hydrogens is 343 g/mol. The fourth-order valence-electron chi connectivity index (χ4n) is 2.20. The first kappa shape index (κ1) is 15.5. The van der Waals surface area contributed by atoms with Crippen molar-refractivity contribution in [1.29, 1.82) is 0 Å². The topological polar surface area (TPSA) is 20.2 Å². The fraction of sp³-hybridized carbons (Fsp3) is 0.250. The Labute approximate surface area is 131 Å². The van der Waals surface area contributed by atoms with Crippen molar-refractivity contribution in [2.45, 2.75) is 26.9 Å². The van der Waals surface area contributed by atoms with Gasteiger partial charge < -0.3 is 5.11 Å². The van der Waals surface area contributed by atoms with Gasteiger partial charge in [0.1, 0.15) is 11.9 Å². The molecule has 1 N–H and O–H groups in total. The zero-order valence-electron chi connectivity index (χ0n) is 11.5. The monoisotopic (exact) mass is 356 g/mol. The smallest absolute Gasteiger partial charge is 0.149 e. The van der Waals surface area contributed by atoms with Crippen LogP contribution in [0.2, 0.25) is 5.02 Å². The lowest BCUT2D eigenvalue weighted by molar-refractivity contribution is 0.214. The summed E-state index contributed by atoms with van der Waals surface area (Å²) in [4.78, 5) is 0. The van der Waals surface area contributed by atoms with Crippen molar-refractivity contribution in [2.75, 3.05) is 0 Å². The predicted molar refractivity (Wildman–Crippen MR) is 83.8 cm³/mol. The van der Waals surface area contributed by atoms with E-state index in [2.05, 4.69) is 15.9 Å². The molecule has 0 aromatic heterocycles. The lowest BCUT2D eigenvalue weighted by Crippen LogP contribution is -2.06. The molecule has 2 rings (SSSR count). The zero-order chi connectivity index (χ0) is 15.0. The van der Waals surface area contributed by atoms with Crippen LogP contribution in [0.3, 0.4) is 0 Å². The summed E-state index contributed by atoms with van der Waals surface area (Å²) in [7, 11) is 0. The number of aliphatic hydroxyl groups excluding tert-OH is 1. The third-order valence-corrected chi connectivity index (χ3v) is 4.80. The maximum Gasteiger partial charge on any atom is 0.149 e. The maximum atomic E-state index is 14.2. The van der Waals surface area contributed by atoms with Gasteiger partial charge in [0.2, 0.25) is 0 Å². The predicted octanol–water partition coefficient (Wildman–Crippen LogP) is 5.25. The molecule has 0 heterocycles. The van der Waals surface area contributed by atoms with E-state index in [1.165, 1.54) is 0 Å². The highest BCUT2D eigenvalue weighted by Crippen LogP contribution is 2.34. The molecule has 1 atom stereocenters. The van der Waals surface area contributed by atoms with Gasteiger partial charge in [-0.2, -0.15) is 0 Å². The second-order valence-electron chi connectivity index (χ2n) is 4.96. The SMILES string of the molecule is Cc1cc(C)c(C(O)c2ccc(Br)c(Cl)c2F)cc1C. The molecular formula is C16H15BrClFO. The minimum atomic E-state index is -1.03. The number of rotatable bonds is 2. The molecule has 0 aliphatic carbocycles. The first-order valence-electron chi connectivity index (χ1n) is 6.22. The van der Waals surface area contributed by atoms with E-state index in [0.29, 0.717) is 10.0 Å². The van der Waals surface area contributed by atoms with Crippen LogP contribution in [0.1, 0.15) is 33.9 Å². The molecule has 106 valence electrons. The van der Waals surface area contributed by atoms with Gasteiger partial charge in [-0.25, -0.2) is 4.39 Å². The van der Waals surface area contributed by atoms with Crippen LogP contribution in [0, 0.1) is 26.6 Å². The van der Waals surface area contributed by atoms with E-state index in [0.717, 1.165) is 16.7 Å². The van der Waals surface area contributed by atoms with Crippen LogP contribution in [-0.2, 0) is 0 Å². The maximum absolute atomic E-state index is 14.2. The largest absolute Gasteiger partial charge is 0.384 e. The highest BCUT2D eigenvalue weighted by atomic mass is 79.9. The van der Waals surface area contributed by atoms with Gasteiger partial charge >= 0.3 is 0 Å². The third-order valence-electron chi connectivity index (χ3n) is 3.54. The minimum Gasteiger partial charge on any atom is -0.384 e. The van der Waals surface area contributed by atoms with Gasteiger partial charge in [0.25, 0.3) is 0 Å². The Morgan fingerprint density at radius 1 is 1.05 bits per heavy atom. The van der Waals surface area contributed by atoms with Gasteiger partial charge in [0.15, 0.2) is 0 Å². The molecule has 0 saturated heterocycles. The van der Waals surface area contributed by atoms with Crippen LogP contribution in [-0.4, -0.2) is 5.11 Å². The Morgan fingerprint density at radius 2 is 1.65 bits per heavy atom. The second-order valence-corrected chi connectivity index (χ2v) is 6.19. The van der Waals surface area contributed by atoms with Crippen molar-refractivity contribution >= 4 is 27.5 Å². The van der Waals surface area contributed by atoms with Crippen molar-refractivity contribution < 1.29 is 9.50 Å². The quantitative estimate of drug-likeness (QED) is 0.728. The average Bonchev–Trinajstić information content (AvgIpc) is 2.40. The van der Waals surface area contributed by atoms with Crippen molar-refractivity contribution in [1.82, 2.24) is 0 Å². The minimum absolute atomic E-state index is 0.0111. The molecule has 0 amide bonds. The van der Waals surface area contributed by atoms with Gasteiger partial charge in [-0.05, 0) is 65.0 Å². The van der Waals surface area contributed by atoms with E-state index in [4.69, 9.17) is 11.6 Å². The lowest BCUT2D eigenvalue weighted by Gasteiger charge is -2.17. The van der Waals surface area contributed by atoms with Gasteiger partial charge in [-0.1, -0.05) is 29.8 Å². The van der Waals surface area contributed by atoms with Crippen molar-refractivity contribution in [2.24, 2.45) is 0 Å². The summed E-state index contributed by atoms with van der Waals surface area (Å²) in [5, 5.41) is 10.5. The van der Waals surface area contributed by atoms with Crippen LogP contribution in [0.25, 0.3) is 0 Å². The molecule has 0 fully saturated rings. The Bertz CT molecular complexity index is 668. The first-order valence-corrected chi connectivity index (χ1v) is 7.39. The molecule has 0 saturated carbocycles. The molecule has 0 bridgehead atoms. The van der Waals surface area contributed by atoms with E-state index < -0.39 is 11.9 Å². The van der Waals surface area contributed by atoms with Gasteiger partial charge in [-0.15, -0.1) is 0 Å². The fourth-order valence-corrected chi connectivity index (χ4v) is 2.68. The van der Waals surface area contributed by atoms with Crippen LogP contribution in [0.5, 0.6) is 0 Å². The number of hydrogen-bond acceptors (Lipinski definition) is 1. The molecule has 0 aliphatic heterocycles. The Kier molecular flexibility index (Phi) is 4.52. The summed E-state index contributed by atoms with van der Waals surface area (Å²) < 4.78 is 14.7. The molecule has 0 spiro atoms. The molecule has 4 heteroatoms. The average molecular weight is 358 g/mol.